The molecule has 212 valence electrons. The van der Waals surface area contributed by atoms with Crippen LogP contribution in [0.15, 0.2) is 84.9 Å². The monoisotopic (exact) mass is 555 g/mol. The lowest BCUT2D eigenvalue weighted by atomic mass is 9.56. The molecule has 2 atom stereocenters. The van der Waals surface area contributed by atoms with E-state index in [1.165, 1.54) is 11.1 Å². The third-order valence-corrected chi connectivity index (χ3v) is 7.91. The Morgan fingerprint density at radius 3 is 2.00 bits per heavy atom. The number of methoxy groups -OCH3 is 1. The van der Waals surface area contributed by atoms with Crippen molar-refractivity contribution in [1.29, 1.82) is 0 Å². The Hall–Kier alpha value is -3.62. The molecule has 1 saturated heterocycles. The third kappa shape index (κ3) is 6.57. The molecule has 5 rings (SSSR count). The van der Waals surface area contributed by atoms with Gasteiger partial charge >= 0.3 is 13.2 Å². The number of carbonyl (C=O) groups is 1. The fourth-order valence-corrected chi connectivity index (χ4v) is 6.31. The Morgan fingerprint density at radius 2 is 1.45 bits per heavy atom. The summed E-state index contributed by atoms with van der Waals surface area (Å²) < 4.78 is 53.2. The lowest BCUT2D eigenvalue weighted by Gasteiger charge is -2.43. The topological polar surface area (TPSA) is 38.5 Å². The number of hydrogen-bond acceptors (Lipinski definition) is 3. The molecule has 1 aliphatic carbocycles. The molecule has 0 amide bonds. The minimum atomic E-state index is -6.00. The van der Waals surface area contributed by atoms with Crippen molar-refractivity contribution < 1.29 is 36.1 Å². The molecule has 3 aromatic carbocycles. The summed E-state index contributed by atoms with van der Waals surface area (Å²) in [6, 6.07) is 29.7. The van der Waals surface area contributed by atoms with Gasteiger partial charge in [-0.3, -0.25) is 4.79 Å². The predicted octanol–water partition coefficient (Wildman–Crippen LogP) is 6.58. The number of halogens is 4. The zero-order chi connectivity index (χ0) is 28.8. The largest absolute Gasteiger partial charge is 0.673 e. The van der Waals surface area contributed by atoms with Crippen LogP contribution in [-0.4, -0.2) is 50.3 Å². The quantitative estimate of drug-likeness (QED) is 0.149. The zero-order valence-electron chi connectivity index (χ0n) is 22.7. The second kappa shape index (κ2) is 12.7. The average molecular weight is 555 g/mol. The molecule has 3 aromatic rings. The van der Waals surface area contributed by atoms with Crippen molar-refractivity contribution in [3.8, 4) is 5.75 Å². The minimum absolute atomic E-state index is 0.0164. The summed E-state index contributed by atoms with van der Waals surface area (Å²) >= 11 is 0. The summed E-state index contributed by atoms with van der Waals surface area (Å²) in [7, 11) is -4.30. The summed E-state index contributed by atoms with van der Waals surface area (Å²) in [5.74, 6) is 2.33. The van der Waals surface area contributed by atoms with Crippen LogP contribution in [0.1, 0.15) is 36.5 Å². The van der Waals surface area contributed by atoms with Crippen molar-refractivity contribution in [3.63, 3.8) is 0 Å². The van der Waals surface area contributed by atoms with E-state index in [0.717, 1.165) is 30.2 Å². The Kier molecular flexibility index (Phi) is 9.33. The van der Waals surface area contributed by atoms with Crippen LogP contribution >= 0.6 is 0 Å². The summed E-state index contributed by atoms with van der Waals surface area (Å²) in [5.41, 5.74) is 3.51. The number of benzene rings is 3. The standard InChI is InChI=1S/C31H34NO3.BF4/c1-3-35-30(20-23-12-10-11-17-29(23)34-2)32-21-26-27(22-32)31(19-18-28(26)33,24-13-6-4-7-14-24)25-15-8-5-9-16-25;2-1(3,4)5/h4-17,26-27H,3,18-22H2,1-2H3;/q+1;-1. The van der Waals surface area contributed by atoms with Crippen LogP contribution < -0.4 is 4.74 Å². The fourth-order valence-electron chi connectivity index (χ4n) is 6.31. The summed E-state index contributed by atoms with van der Waals surface area (Å²) in [6.07, 6.45) is 2.09. The molecule has 40 heavy (non-hydrogen) atoms. The van der Waals surface area contributed by atoms with E-state index in [9.17, 15) is 22.1 Å². The molecule has 2 aliphatic rings. The summed E-state index contributed by atoms with van der Waals surface area (Å²) in [6.45, 7) is 4.11. The number of rotatable bonds is 6. The van der Waals surface area contributed by atoms with E-state index in [1.54, 1.807) is 7.11 Å². The number of nitrogens with zero attached hydrogens (tertiary/aromatic N) is 1. The molecule has 0 aromatic heterocycles. The van der Waals surface area contributed by atoms with Crippen molar-refractivity contribution >= 4 is 18.9 Å². The second-order valence-corrected chi connectivity index (χ2v) is 10.1. The van der Waals surface area contributed by atoms with E-state index in [-0.39, 0.29) is 17.3 Å². The first-order valence-electron chi connectivity index (χ1n) is 13.5. The van der Waals surface area contributed by atoms with Crippen LogP contribution in [0.2, 0.25) is 0 Å². The van der Waals surface area contributed by atoms with Crippen LogP contribution in [0.25, 0.3) is 0 Å². The average Bonchev–Trinajstić information content (AvgIpc) is 3.41. The Morgan fingerprint density at radius 1 is 0.900 bits per heavy atom. The van der Waals surface area contributed by atoms with E-state index in [0.29, 0.717) is 31.8 Å². The van der Waals surface area contributed by atoms with E-state index >= 15 is 0 Å². The van der Waals surface area contributed by atoms with Crippen LogP contribution in [0.3, 0.4) is 0 Å². The lowest BCUT2D eigenvalue weighted by Crippen LogP contribution is -2.47. The SMILES string of the molecule is CCOC(Cc1ccccc1OC)=[N+]1CC2C(=O)CCC(c3ccccc3)(c3ccccc3)C2C1.F[B-](F)(F)F. The van der Waals surface area contributed by atoms with Crippen LogP contribution in [0.4, 0.5) is 17.3 Å². The Balaban J connectivity index is 0.000000681. The number of para-hydroxylation sites is 1. The maximum absolute atomic E-state index is 13.3. The van der Waals surface area contributed by atoms with Gasteiger partial charge in [-0.1, -0.05) is 78.9 Å². The number of fused-ring (bicyclic) bond motifs is 1. The molecule has 4 nitrogen and oxygen atoms in total. The number of ketones is 1. The van der Waals surface area contributed by atoms with Gasteiger partial charge in [0.05, 0.1) is 26.1 Å². The van der Waals surface area contributed by atoms with Crippen molar-refractivity contribution in [2.75, 3.05) is 26.8 Å². The van der Waals surface area contributed by atoms with Gasteiger partial charge in [-0.25, -0.2) is 4.58 Å². The zero-order valence-corrected chi connectivity index (χ0v) is 22.7. The molecule has 1 aliphatic heterocycles. The highest BCUT2D eigenvalue weighted by Gasteiger charge is 2.57. The molecule has 0 spiro atoms. The van der Waals surface area contributed by atoms with Gasteiger partial charge in [0.15, 0.2) is 13.1 Å². The first-order valence-corrected chi connectivity index (χ1v) is 13.5. The van der Waals surface area contributed by atoms with Crippen molar-refractivity contribution in [2.24, 2.45) is 11.8 Å². The van der Waals surface area contributed by atoms with Crippen molar-refractivity contribution in [2.45, 2.75) is 31.6 Å². The second-order valence-electron chi connectivity index (χ2n) is 10.1. The summed E-state index contributed by atoms with van der Waals surface area (Å²) in [4.78, 5) is 13.3. The first-order chi connectivity index (χ1) is 19.2. The van der Waals surface area contributed by atoms with Crippen LogP contribution in [0.5, 0.6) is 5.75 Å². The number of hydrogen-bond donors (Lipinski definition) is 0. The number of Topliss-reactive ketones (excluding diaryl/α,β-unsaturated/α-hetero) is 1. The third-order valence-electron chi connectivity index (χ3n) is 7.91. The number of ether oxygens (including phenoxy) is 2. The van der Waals surface area contributed by atoms with Gasteiger partial charge in [0.25, 0.3) is 0 Å². The molecule has 1 saturated carbocycles. The van der Waals surface area contributed by atoms with Crippen LogP contribution in [-0.2, 0) is 21.4 Å². The van der Waals surface area contributed by atoms with Gasteiger partial charge in [0.1, 0.15) is 11.5 Å². The molecule has 2 unspecified atom stereocenters. The molecule has 0 radical (unpaired) electrons. The highest BCUT2D eigenvalue weighted by molar-refractivity contribution is 6.50. The van der Waals surface area contributed by atoms with E-state index in [1.807, 2.05) is 25.1 Å². The van der Waals surface area contributed by atoms with Gasteiger partial charge in [0.2, 0.25) is 0 Å². The van der Waals surface area contributed by atoms with Crippen LogP contribution in [0, 0.1) is 11.8 Å². The fraction of sp³-hybridized carbons (Fsp3) is 0.355. The molecular weight excluding hydrogens is 521 g/mol. The first kappa shape index (κ1) is 29.4. The molecule has 1 heterocycles. The van der Waals surface area contributed by atoms with Crippen molar-refractivity contribution in [3.05, 3.63) is 102 Å². The van der Waals surface area contributed by atoms with Gasteiger partial charge in [-0.2, -0.15) is 0 Å². The molecule has 0 bridgehead atoms. The lowest BCUT2D eigenvalue weighted by molar-refractivity contribution is -0.521. The van der Waals surface area contributed by atoms with E-state index in [4.69, 9.17) is 9.47 Å². The molecular formula is C31H34BF4NO3. The maximum Gasteiger partial charge on any atom is 0.673 e. The number of carbonyl (C=O) groups excluding carboxylic acids is 1. The van der Waals surface area contributed by atoms with Gasteiger partial charge in [0, 0.05) is 23.3 Å². The Bertz CT molecular complexity index is 1270. The predicted molar refractivity (Wildman–Crippen MR) is 148 cm³/mol. The Labute approximate surface area is 232 Å². The maximum atomic E-state index is 13.3. The smallest absolute Gasteiger partial charge is 0.496 e. The highest BCUT2D eigenvalue weighted by Crippen LogP contribution is 2.52. The van der Waals surface area contributed by atoms with Gasteiger partial charge in [-0.05, 0) is 30.5 Å². The molecule has 2 fully saturated rings. The van der Waals surface area contributed by atoms with E-state index in [2.05, 4.69) is 71.3 Å². The highest BCUT2D eigenvalue weighted by atomic mass is 19.5. The van der Waals surface area contributed by atoms with Gasteiger partial charge < -0.3 is 26.7 Å². The van der Waals surface area contributed by atoms with Gasteiger partial charge in [-0.15, -0.1) is 0 Å². The summed E-state index contributed by atoms with van der Waals surface area (Å²) in [5, 5.41) is 0. The van der Waals surface area contributed by atoms with Crippen molar-refractivity contribution in [1.82, 2.24) is 0 Å². The normalized spacial score (nSPS) is 21.1. The molecule has 0 N–H and O–H groups in total. The minimum Gasteiger partial charge on any atom is -0.496 e. The van der Waals surface area contributed by atoms with E-state index < -0.39 is 7.25 Å². The molecule has 9 heteroatoms.